The Hall–Kier alpha value is -3.16. The summed E-state index contributed by atoms with van der Waals surface area (Å²) in [6, 6.07) is 24.0. The first-order chi connectivity index (χ1) is 16.3. The second-order valence-electron chi connectivity index (χ2n) is 8.33. The van der Waals surface area contributed by atoms with Crippen molar-refractivity contribution in [3.8, 4) is 0 Å². The number of hydrogen-bond acceptors (Lipinski definition) is 4. The van der Waals surface area contributed by atoms with E-state index in [0.717, 1.165) is 21.2 Å². The number of thiophene rings is 1. The number of hydrogen-bond donors (Lipinski definition) is 1. The van der Waals surface area contributed by atoms with Crippen LogP contribution in [0, 0.1) is 6.92 Å². The first-order valence-corrected chi connectivity index (χ1v) is 13.5. The van der Waals surface area contributed by atoms with Crippen LogP contribution in [-0.4, -0.2) is 20.9 Å². The minimum Gasteiger partial charge on any atom is -0.345 e. The number of sulfonamides is 1. The number of fused-ring (bicyclic) bond motifs is 1. The zero-order chi connectivity index (χ0) is 24.3. The number of nitrogens with zero attached hydrogens (tertiary/aromatic N) is 1. The van der Waals surface area contributed by atoms with Gasteiger partial charge in [-0.2, -0.15) is 0 Å². The molecule has 4 aromatic rings. The van der Waals surface area contributed by atoms with Gasteiger partial charge in [0.25, 0.3) is 15.9 Å². The molecule has 176 valence electrons. The van der Waals surface area contributed by atoms with Crippen molar-refractivity contribution in [2.45, 2.75) is 38.1 Å². The second-order valence-corrected chi connectivity index (χ2v) is 11.3. The third-order valence-corrected chi connectivity index (χ3v) is 8.65. The van der Waals surface area contributed by atoms with Crippen molar-refractivity contribution in [2.24, 2.45) is 0 Å². The molecule has 4 rings (SSSR count). The largest absolute Gasteiger partial charge is 0.345 e. The lowest BCUT2D eigenvalue weighted by molar-refractivity contribution is 0.0944. The Bertz CT molecular complexity index is 1400. The quantitative estimate of drug-likeness (QED) is 0.314. The lowest BCUT2D eigenvalue weighted by Gasteiger charge is -2.24. The van der Waals surface area contributed by atoms with Crippen molar-refractivity contribution in [2.75, 3.05) is 10.8 Å². The van der Waals surface area contributed by atoms with E-state index in [2.05, 4.69) is 5.32 Å². The van der Waals surface area contributed by atoms with Gasteiger partial charge in [0.2, 0.25) is 0 Å². The molecule has 0 unspecified atom stereocenters. The Morgan fingerprint density at radius 3 is 2.38 bits per heavy atom. The molecule has 1 N–H and O–H groups in total. The number of amides is 1. The molecule has 0 aliphatic carbocycles. The van der Waals surface area contributed by atoms with Crippen LogP contribution in [0.3, 0.4) is 0 Å². The smallest absolute Gasteiger partial charge is 0.264 e. The predicted octanol–water partition coefficient (Wildman–Crippen LogP) is 6.31. The maximum absolute atomic E-state index is 13.4. The van der Waals surface area contributed by atoms with E-state index in [1.165, 1.54) is 15.6 Å². The molecule has 1 atom stereocenters. The van der Waals surface area contributed by atoms with E-state index < -0.39 is 10.0 Å². The molecule has 34 heavy (non-hydrogen) atoms. The van der Waals surface area contributed by atoms with Crippen molar-refractivity contribution in [1.29, 1.82) is 0 Å². The highest BCUT2D eigenvalue weighted by Crippen LogP contribution is 2.32. The number of nitrogens with one attached hydrogen (secondary N) is 1. The maximum atomic E-state index is 13.4. The molecular weight excluding hydrogens is 464 g/mol. The molecule has 0 radical (unpaired) electrons. The van der Waals surface area contributed by atoms with E-state index in [1.54, 1.807) is 24.3 Å². The summed E-state index contributed by atoms with van der Waals surface area (Å²) in [5.41, 5.74) is 2.64. The predicted molar refractivity (Wildman–Crippen MR) is 140 cm³/mol. The summed E-state index contributed by atoms with van der Waals surface area (Å²) < 4.78 is 29.2. The number of anilines is 1. The van der Waals surface area contributed by atoms with Gasteiger partial charge in [0.05, 0.1) is 21.5 Å². The van der Waals surface area contributed by atoms with Crippen LogP contribution in [0.15, 0.2) is 83.8 Å². The summed E-state index contributed by atoms with van der Waals surface area (Å²) in [5, 5.41) is 3.89. The Morgan fingerprint density at radius 1 is 1.00 bits per heavy atom. The van der Waals surface area contributed by atoms with Crippen molar-refractivity contribution >= 4 is 43.0 Å². The van der Waals surface area contributed by atoms with Gasteiger partial charge >= 0.3 is 0 Å². The van der Waals surface area contributed by atoms with E-state index in [9.17, 15) is 13.2 Å². The molecule has 1 amide bonds. The van der Waals surface area contributed by atoms with Gasteiger partial charge in [0, 0.05) is 11.2 Å². The van der Waals surface area contributed by atoms with Crippen molar-refractivity contribution in [3.05, 3.63) is 94.9 Å². The number of benzene rings is 3. The summed E-state index contributed by atoms with van der Waals surface area (Å²) >= 11 is 1.40. The Labute approximate surface area is 205 Å². The molecule has 5 nitrogen and oxygen atoms in total. The Morgan fingerprint density at radius 2 is 1.71 bits per heavy atom. The minimum atomic E-state index is -3.70. The molecule has 0 spiro atoms. The summed E-state index contributed by atoms with van der Waals surface area (Å²) in [7, 11) is -3.70. The fourth-order valence-corrected chi connectivity index (χ4v) is 6.31. The molecule has 1 heterocycles. The van der Waals surface area contributed by atoms with Crippen molar-refractivity contribution < 1.29 is 13.2 Å². The Kier molecular flexibility index (Phi) is 7.05. The van der Waals surface area contributed by atoms with Gasteiger partial charge in [-0.15, -0.1) is 11.3 Å². The third-order valence-electron chi connectivity index (χ3n) is 5.69. The first kappa shape index (κ1) is 24.0. The van der Waals surface area contributed by atoms with Gasteiger partial charge in [0.15, 0.2) is 0 Å². The molecular formula is C27H28N2O3S2. The molecule has 0 aliphatic rings. The van der Waals surface area contributed by atoms with Crippen LogP contribution in [0.25, 0.3) is 10.1 Å². The lowest BCUT2D eigenvalue weighted by atomic mass is 10.1. The molecule has 0 aliphatic heterocycles. The summed E-state index contributed by atoms with van der Waals surface area (Å²) in [6.45, 7) is 6.21. The first-order valence-electron chi connectivity index (χ1n) is 11.3. The van der Waals surface area contributed by atoms with Gasteiger partial charge in [0.1, 0.15) is 0 Å². The molecule has 1 aromatic heterocycles. The minimum absolute atomic E-state index is 0.117. The van der Waals surface area contributed by atoms with Gasteiger partial charge in [-0.25, -0.2) is 8.42 Å². The number of carbonyl (C=O) groups excluding carboxylic acids is 1. The molecule has 0 saturated carbocycles. The van der Waals surface area contributed by atoms with Gasteiger partial charge in [-0.3, -0.25) is 9.10 Å². The van der Waals surface area contributed by atoms with E-state index in [-0.39, 0.29) is 16.8 Å². The normalized spacial score (nSPS) is 12.4. The topological polar surface area (TPSA) is 66.5 Å². The highest BCUT2D eigenvalue weighted by Gasteiger charge is 2.25. The van der Waals surface area contributed by atoms with Crippen LogP contribution in [0.2, 0.25) is 0 Å². The lowest BCUT2D eigenvalue weighted by Crippen LogP contribution is -2.31. The maximum Gasteiger partial charge on any atom is 0.264 e. The second kappa shape index (κ2) is 9.99. The fourth-order valence-electron chi connectivity index (χ4n) is 3.82. The number of aryl methyl sites for hydroxylation is 1. The molecule has 3 aromatic carbocycles. The SMILES string of the molecule is CCCN(c1ccc2sc(C(=O)N[C@H](C)c3ccccc3)cc2c1)S(=O)(=O)c1ccc(C)cc1. The highest BCUT2D eigenvalue weighted by atomic mass is 32.2. The highest BCUT2D eigenvalue weighted by molar-refractivity contribution is 7.92. The van der Waals surface area contributed by atoms with Crippen LogP contribution in [0.5, 0.6) is 0 Å². The average molecular weight is 493 g/mol. The standard InChI is InChI=1S/C27H28N2O3S2/c1-4-16-29(34(31,32)24-13-10-19(2)11-14-24)23-12-15-25-22(17-23)18-26(33-25)27(30)28-20(3)21-8-6-5-7-9-21/h5-15,17-18,20H,4,16H2,1-3H3,(H,28,30)/t20-/m1/s1. The van der Waals surface area contributed by atoms with Gasteiger partial charge in [-0.05, 0) is 67.6 Å². The summed E-state index contributed by atoms with van der Waals surface area (Å²) in [4.78, 5) is 13.8. The monoisotopic (exact) mass is 492 g/mol. The molecule has 0 bridgehead atoms. The van der Waals surface area contributed by atoms with Crippen molar-refractivity contribution in [1.82, 2.24) is 5.32 Å². The van der Waals surface area contributed by atoms with Gasteiger partial charge < -0.3 is 5.32 Å². The van der Waals surface area contributed by atoms with Crippen molar-refractivity contribution in [3.63, 3.8) is 0 Å². The van der Waals surface area contributed by atoms with E-state index >= 15 is 0 Å². The fraction of sp³-hybridized carbons (Fsp3) is 0.222. The average Bonchev–Trinajstić information content (AvgIpc) is 3.27. The van der Waals surface area contributed by atoms with Crippen LogP contribution < -0.4 is 9.62 Å². The van der Waals surface area contributed by atoms with E-state index in [0.29, 0.717) is 23.5 Å². The molecule has 7 heteroatoms. The van der Waals surface area contributed by atoms with E-state index in [1.807, 2.05) is 75.4 Å². The summed E-state index contributed by atoms with van der Waals surface area (Å²) in [5.74, 6) is -0.142. The Balaban J connectivity index is 1.62. The van der Waals surface area contributed by atoms with Gasteiger partial charge in [-0.1, -0.05) is 55.0 Å². The van der Waals surface area contributed by atoms with Crippen LogP contribution in [0.1, 0.15) is 47.1 Å². The molecule has 0 fully saturated rings. The third kappa shape index (κ3) is 5.00. The van der Waals surface area contributed by atoms with Crippen LogP contribution in [0.4, 0.5) is 5.69 Å². The van der Waals surface area contributed by atoms with E-state index in [4.69, 9.17) is 0 Å². The summed E-state index contributed by atoms with van der Waals surface area (Å²) in [6.07, 6.45) is 0.678. The zero-order valence-corrected chi connectivity index (χ0v) is 21.1. The van der Waals surface area contributed by atoms with Crippen LogP contribution in [-0.2, 0) is 10.0 Å². The zero-order valence-electron chi connectivity index (χ0n) is 19.5. The number of carbonyl (C=O) groups is 1. The van der Waals surface area contributed by atoms with Crippen LogP contribution >= 0.6 is 11.3 Å². The molecule has 0 saturated heterocycles. The number of rotatable bonds is 8.